The summed E-state index contributed by atoms with van der Waals surface area (Å²) in [5, 5.41) is 0. The third-order valence-corrected chi connectivity index (χ3v) is 4.58. The fourth-order valence-electron chi connectivity index (χ4n) is 3.19. The molecule has 1 aromatic heterocycles. The highest BCUT2D eigenvalue weighted by Gasteiger charge is 2.25. The molecule has 0 saturated heterocycles. The number of hydrogen-bond acceptors (Lipinski definition) is 5. The van der Waals surface area contributed by atoms with Crippen LogP contribution in [0, 0.1) is 12.8 Å². The number of hydrogen-bond donors (Lipinski definition) is 2. The zero-order valence-corrected chi connectivity index (χ0v) is 14.0. The van der Waals surface area contributed by atoms with Crippen LogP contribution in [0.4, 0.5) is 11.6 Å². The van der Waals surface area contributed by atoms with Crippen molar-refractivity contribution in [2.75, 3.05) is 17.4 Å². The molecule has 0 radical (unpaired) electrons. The molecule has 1 aliphatic rings. The van der Waals surface area contributed by atoms with E-state index < -0.39 is 0 Å². The molecule has 2 atom stereocenters. The SMILES string of the molecule is Cc1c(NN)nc(C(C)C)nc1N(C)C1CCCC(C)C1. The van der Waals surface area contributed by atoms with Gasteiger partial charge in [-0.3, -0.25) is 0 Å². The van der Waals surface area contributed by atoms with Gasteiger partial charge in [0.15, 0.2) is 0 Å². The van der Waals surface area contributed by atoms with Gasteiger partial charge in [-0.25, -0.2) is 15.8 Å². The maximum absolute atomic E-state index is 5.63. The van der Waals surface area contributed by atoms with Crippen molar-refractivity contribution in [2.24, 2.45) is 11.8 Å². The van der Waals surface area contributed by atoms with Crippen molar-refractivity contribution in [3.63, 3.8) is 0 Å². The number of anilines is 2. The molecule has 0 spiro atoms. The van der Waals surface area contributed by atoms with E-state index >= 15 is 0 Å². The standard InChI is InChI=1S/C16H29N5/c1-10(2)14-18-15(20-17)12(4)16(19-14)21(5)13-8-6-7-11(3)9-13/h10-11,13H,6-9,17H2,1-5H3,(H,18,19,20). The van der Waals surface area contributed by atoms with Gasteiger partial charge in [-0.05, 0) is 25.7 Å². The van der Waals surface area contributed by atoms with Crippen LogP contribution >= 0.6 is 0 Å². The number of nitrogens with zero attached hydrogens (tertiary/aromatic N) is 3. The summed E-state index contributed by atoms with van der Waals surface area (Å²) in [6.45, 7) is 8.60. The average Bonchev–Trinajstić information content (AvgIpc) is 2.46. The van der Waals surface area contributed by atoms with E-state index in [4.69, 9.17) is 10.8 Å². The molecule has 21 heavy (non-hydrogen) atoms. The smallest absolute Gasteiger partial charge is 0.148 e. The predicted octanol–water partition coefficient (Wildman–Crippen LogP) is 3.21. The van der Waals surface area contributed by atoms with E-state index in [1.165, 1.54) is 25.7 Å². The summed E-state index contributed by atoms with van der Waals surface area (Å²) in [6.07, 6.45) is 5.13. The van der Waals surface area contributed by atoms with Crippen molar-refractivity contribution < 1.29 is 0 Å². The molecule has 0 bridgehead atoms. The minimum atomic E-state index is 0.287. The van der Waals surface area contributed by atoms with Gasteiger partial charge in [0, 0.05) is 24.6 Å². The van der Waals surface area contributed by atoms with Crippen LogP contribution in [-0.2, 0) is 0 Å². The first-order valence-corrected chi connectivity index (χ1v) is 8.02. The molecule has 1 aliphatic carbocycles. The number of nitrogen functional groups attached to an aromatic ring is 1. The molecule has 0 aromatic carbocycles. The maximum atomic E-state index is 5.63. The minimum absolute atomic E-state index is 0.287. The molecule has 1 aromatic rings. The van der Waals surface area contributed by atoms with Crippen LogP contribution in [0.3, 0.4) is 0 Å². The van der Waals surface area contributed by atoms with Crippen LogP contribution < -0.4 is 16.2 Å². The largest absolute Gasteiger partial charge is 0.356 e. The highest BCUT2D eigenvalue weighted by Crippen LogP contribution is 2.32. The van der Waals surface area contributed by atoms with Crippen molar-refractivity contribution in [3.05, 3.63) is 11.4 Å². The first-order valence-electron chi connectivity index (χ1n) is 8.02. The van der Waals surface area contributed by atoms with Crippen molar-refractivity contribution in [1.82, 2.24) is 9.97 Å². The van der Waals surface area contributed by atoms with E-state index in [0.29, 0.717) is 6.04 Å². The summed E-state index contributed by atoms with van der Waals surface area (Å²) >= 11 is 0. The Labute approximate surface area is 128 Å². The quantitative estimate of drug-likeness (QED) is 0.658. The number of rotatable bonds is 4. The predicted molar refractivity (Wildman–Crippen MR) is 88.5 cm³/mol. The topological polar surface area (TPSA) is 67.1 Å². The summed E-state index contributed by atoms with van der Waals surface area (Å²) in [5.74, 6) is 9.31. The van der Waals surface area contributed by atoms with E-state index in [2.05, 4.69) is 43.1 Å². The molecule has 3 N–H and O–H groups in total. The molecule has 2 unspecified atom stereocenters. The molecule has 0 amide bonds. The Morgan fingerprint density at radius 2 is 2.00 bits per heavy atom. The minimum Gasteiger partial charge on any atom is -0.356 e. The summed E-state index contributed by atoms with van der Waals surface area (Å²) in [6, 6.07) is 0.563. The molecule has 1 fully saturated rings. The van der Waals surface area contributed by atoms with Crippen LogP contribution in [0.15, 0.2) is 0 Å². The van der Waals surface area contributed by atoms with E-state index in [9.17, 15) is 0 Å². The zero-order valence-electron chi connectivity index (χ0n) is 14.0. The first kappa shape index (κ1) is 16.0. The monoisotopic (exact) mass is 291 g/mol. The molecular weight excluding hydrogens is 262 g/mol. The number of nitrogens with two attached hydrogens (primary N) is 1. The lowest BCUT2D eigenvalue weighted by atomic mass is 9.86. The summed E-state index contributed by atoms with van der Waals surface area (Å²) in [4.78, 5) is 11.7. The molecule has 2 rings (SSSR count). The lowest BCUT2D eigenvalue weighted by Gasteiger charge is -2.36. The molecule has 5 heteroatoms. The third-order valence-electron chi connectivity index (χ3n) is 4.58. The normalized spacial score (nSPS) is 22.4. The van der Waals surface area contributed by atoms with Crippen LogP contribution in [0.5, 0.6) is 0 Å². The van der Waals surface area contributed by atoms with E-state index in [1.54, 1.807) is 0 Å². The van der Waals surface area contributed by atoms with Crippen molar-refractivity contribution in [3.8, 4) is 0 Å². The Kier molecular flexibility index (Phi) is 5.04. The Morgan fingerprint density at radius 3 is 2.57 bits per heavy atom. The van der Waals surface area contributed by atoms with Crippen molar-refractivity contribution in [1.29, 1.82) is 0 Å². The lowest BCUT2D eigenvalue weighted by molar-refractivity contribution is 0.335. The number of hydrazine groups is 1. The zero-order chi connectivity index (χ0) is 15.6. The van der Waals surface area contributed by atoms with Gasteiger partial charge in [0.05, 0.1) is 0 Å². The molecule has 1 saturated carbocycles. The van der Waals surface area contributed by atoms with Crippen molar-refractivity contribution in [2.45, 2.75) is 65.3 Å². The van der Waals surface area contributed by atoms with Gasteiger partial charge in [0.2, 0.25) is 0 Å². The molecular formula is C16H29N5. The van der Waals surface area contributed by atoms with E-state index in [0.717, 1.165) is 28.9 Å². The van der Waals surface area contributed by atoms with Gasteiger partial charge in [0.1, 0.15) is 17.5 Å². The lowest BCUT2D eigenvalue weighted by Crippen LogP contribution is -2.37. The van der Waals surface area contributed by atoms with Gasteiger partial charge in [-0.15, -0.1) is 0 Å². The van der Waals surface area contributed by atoms with Gasteiger partial charge in [0.25, 0.3) is 0 Å². The van der Waals surface area contributed by atoms with Crippen LogP contribution in [0.2, 0.25) is 0 Å². The van der Waals surface area contributed by atoms with Crippen LogP contribution in [0.1, 0.15) is 63.8 Å². The Balaban J connectivity index is 2.34. The van der Waals surface area contributed by atoms with Crippen LogP contribution in [0.25, 0.3) is 0 Å². The highest BCUT2D eigenvalue weighted by molar-refractivity contribution is 5.58. The Hall–Kier alpha value is -1.36. The summed E-state index contributed by atoms with van der Waals surface area (Å²) in [7, 11) is 2.16. The van der Waals surface area contributed by atoms with Crippen LogP contribution in [-0.4, -0.2) is 23.1 Å². The Bertz CT molecular complexity index is 486. The van der Waals surface area contributed by atoms with Gasteiger partial charge < -0.3 is 10.3 Å². The highest BCUT2D eigenvalue weighted by atomic mass is 15.3. The second-order valence-corrected chi connectivity index (χ2v) is 6.71. The fraction of sp³-hybridized carbons (Fsp3) is 0.750. The summed E-state index contributed by atoms with van der Waals surface area (Å²) in [5.41, 5.74) is 3.75. The average molecular weight is 291 g/mol. The molecule has 118 valence electrons. The molecule has 1 heterocycles. The molecule has 0 aliphatic heterocycles. The Morgan fingerprint density at radius 1 is 1.29 bits per heavy atom. The van der Waals surface area contributed by atoms with E-state index in [-0.39, 0.29) is 5.92 Å². The maximum Gasteiger partial charge on any atom is 0.148 e. The van der Waals surface area contributed by atoms with E-state index in [1.807, 2.05) is 6.92 Å². The third kappa shape index (κ3) is 3.46. The fourth-order valence-corrected chi connectivity index (χ4v) is 3.19. The second-order valence-electron chi connectivity index (χ2n) is 6.71. The number of aromatic nitrogens is 2. The van der Waals surface area contributed by atoms with Gasteiger partial charge in [-0.1, -0.05) is 33.6 Å². The molecule has 5 nitrogen and oxygen atoms in total. The second kappa shape index (κ2) is 6.60. The van der Waals surface area contributed by atoms with Crippen molar-refractivity contribution >= 4 is 11.6 Å². The summed E-state index contributed by atoms with van der Waals surface area (Å²) < 4.78 is 0. The number of nitrogens with one attached hydrogen (secondary N) is 1. The first-order chi connectivity index (χ1) is 9.93. The van der Waals surface area contributed by atoms with Gasteiger partial charge >= 0.3 is 0 Å². The van der Waals surface area contributed by atoms with Gasteiger partial charge in [-0.2, -0.15) is 0 Å².